The Kier molecular flexibility index (Phi) is 3.19. The van der Waals surface area contributed by atoms with Crippen molar-refractivity contribution in [2.45, 2.75) is 26.9 Å². The molecule has 104 valence electrons. The van der Waals surface area contributed by atoms with Gasteiger partial charge in [-0.1, -0.05) is 0 Å². The maximum absolute atomic E-state index is 12.2. The van der Waals surface area contributed by atoms with E-state index in [1.165, 1.54) is 0 Å². The van der Waals surface area contributed by atoms with E-state index in [9.17, 15) is 4.79 Å². The number of fused-ring (bicyclic) bond motifs is 1. The first-order valence-corrected chi connectivity index (χ1v) is 7.24. The van der Waals surface area contributed by atoms with Crippen molar-refractivity contribution in [3.8, 4) is 0 Å². The van der Waals surface area contributed by atoms with Gasteiger partial charge >= 0.3 is 0 Å². The highest BCUT2D eigenvalue weighted by molar-refractivity contribution is 7.18. The maximum atomic E-state index is 12.2. The lowest BCUT2D eigenvalue weighted by Gasteiger charge is -2.07. The number of nitrogens with two attached hydrogens (primary N) is 1. The highest BCUT2D eigenvalue weighted by atomic mass is 32.1. The van der Waals surface area contributed by atoms with Gasteiger partial charge in [0.2, 0.25) is 0 Å². The van der Waals surface area contributed by atoms with Gasteiger partial charge in [-0.3, -0.25) is 4.79 Å². The van der Waals surface area contributed by atoms with Crippen molar-refractivity contribution in [2.75, 3.05) is 0 Å². The second-order valence-electron chi connectivity index (χ2n) is 4.81. The van der Waals surface area contributed by atoms with Gasteiger partial charge < -0.3 is 15.3 Å². The third-order valence-corrected chi connectivity index (χ3v) is 4.64. The highest BCUT2D eigenvalue weighted by Crippen LogP contribution is 2.25. The van der Waals surface area contributed by atoms with Gasteiger partial charge in [0.25, 0.3) is 5.56 Å². The van der Waals surface area contributed by atoms with E-state index in [4.69, 9.17) is 5.73 Å². The molecule has 0 bridgehead atoms. The average Bonchev–Trinajstić information content (AvgIpc) is 2.95. The van der Waals surface area contributed by atoms with Gasteiger partial charge in [-0.2, -0.15) is 0 Å². The summed E-state index contributed by atoms with van der Waals surface area (Å²) in [5, 5.41) is 0.711. The molecule has 3 heterocycles. The van der Waals surface area contributed by atoms with Crippen LogP contribution < -0.4 is 11.3 Å². The Morgan fingerprint density at radius 2 is 2.25 bits per heavy atom. The fourth-order valence-electron chi connectivity index (χ4n) is 2.32. The number of thiophene rings is 1. The van der Waals surface area contributed by atoms with Crippen molar-refractivity contribution in [2.24, 2.45) is 5.73 Å². The van der Waals surface area contributed by atoms with Gasteiger partial charge in [-0.05, 0) is 31.5 Å². The van der Waals surface area contributed by atoms with Gasteiger partial charge in [-0.25, -0.2) is 4.98 Å². The summed E-state index contributed by atoms with van der Waals surface area (Å²) >= 11 is 1.56. The molecule has 0 aliphatic carbocycles. The van der Waals surface area contributed by atoms with E-state index < -0.39 is 0 Å². The van der Waals surface area contributed by atoms with Crippen LogP contribution in [0.25, 0.3) is 10.2 Å². The average molecular weight is 288 g/mol. The molecule has 0 amide bonds. The van der Waals surface area contributed by atoms with Crippen molar-refractivity contribution in [1.29, 1.82) is 0 Å². The van der Waals surface area contributed by atoms with E-state index in [0.717, 1.165) is 21.0 Å². The summed E-state index contributed by atoms with van der Waals surface area (Å²) in [6.45, 7) is 4.97. The Labute approximate surface area is 120 Å². The molecule has 3 aromatic heterocycles. The molecule has 3 aromatic rings. The molecule has 0 saturated carbocycles. The minimum atomic E-state index is -0.0618. The van der Waals surface area contributed by atoms with Crippen molar-refractivity contribution >= 4 is 21.6 Å². The minimum absolute atomic E-state index is 0.0618. The van der Waals surface area contributed by atoms with Crippen LogP contribution in [0, 0.1) is 13.8 Å². The largest absolute Gasteiger partial charge is 0.343 e. The summed E-state index contributed by atoms with van der Waals surface area (Å²) in [5.41, 5.74) is 7.66. The van der Waals surface area contributed by atoms with E-state index in [0.29, 0.717) is 24.3 Å². The van der Waals surface area contributed by atoms with Gasteiger partial charge in [0.05, 0.1) is 11.9 Å². The van der Waals surface area contributed by atoms with E-state index in [2.05, 4.69) is 9.97 Å². The van der Waals surface area contributed by atoms with Crippen LogP contribution in [0.4, 0.5) is 0 Å². The third-order valence-electron chi connectivity index (χ3n) is 3.54. The molecular formula is C14H16N4OS. The third kappa shape index (κ3) is 2.07. The second-order valence-corrected chi connectivity index (χ2v) is 6.01. The summed E-state index contributed by atoms with van der Waals surface area (Å²) in [6, 6.07) is 3.91. The number of nitrogens with zero attached hydrogens (tertiary/aromatic N) is 2. The minimum Gasteiger partial charge on any atom is -0.343 e. The van der Waals surface area contributed by atoms with E-state index >= 15 is 0 Å². The van der Waals surface area contributed by atoms with Crippen LogP contribution in [-0.4, -0.2) is 14.5 Å². The lowest BCUT2D eigenvalue weighted by atomic mass is 10.2. The molecular weight excluding hydrogens is 272 g/mol. The Balaban J connectivity index is 2.07. The summed E-state index contributed by atoms with van der Waals surface area (Å²) in [5.74, 6) is 0.662. The Morgan fingerprint density at radius 3 is 3.00 bits per heavy atom. The zero-order valence-corrected chi connectivity index (χ0v) is 12.3. The molecule has 0 unspecified atom stereocenters. The fourth-order valence-corrected chi connectivity index (χ4v) is 3.37. The summed E-state index contributed by atoms with van der Waals surface area (Å²) in [6.07, 6.45) is 1.94. The zero-order chi connectivity index (χ0) is 14.3. The molecule has 0 saturated heterocycles. The molecule has 3 N–H and O–H groups in total. The van der Waals surface area contributed by atoms with Crippen LogP contribution >= 0.6 is 11.3 Å². The van der Waals surface area contributed by atoms with Crippen molar-refractivity contribution in [1.82, 2.24) is 14.5 Å². The second kappa shape index (κ2) is 4.88. The molecule has 20 heavy (non-hydrogen) atoms. The van der Waals surface area contributed by atoms with Gasteiger partial charge in [0.1, 0.15) is 10.7 Å². The first-order valence-electron chi connectivity index (χ1n) is 6.43. The zero-order valence-electron chi connectivity index (χ0n) is 11.4. The number of rotatable bonds is 3. The van der Waals surface area contributed by atoms with Gasteiger partial charge in [0, 0.05) is 23.3 Å². The molecule has 0 aliphatic heterocycles. The monoisotopic (exact) mass is 288 g/mol. The van der Waals surface area contributed by atoms with Gasteiger partial charge in [0.15, 0.2) is 0 Å². The number of H-pyrrole nitrogens is 1. The lowest BCUT2D eigenvalue weighted by molar-refractivity contribution is 0.707. The Hall–Kier alpha value is -1.92. The first kappa shape index (κ1) is 13.1. The number of aromatic nitrogens is 3. The van der Waals surface area contributed by atoms with Gasteiger partial charge in [-0.15, -0.1) is 11.3 Å². The predicted molar refractivity (Wildman–Crippen MR) is 81.1 cm³/mol. The topological polar surface area (TPSA) is 76.7 Å². The standard InChI is InChI=1S/C14H16N4OS/c1-8-9(2)20-14-12(8)13(19)16-11(17-14)7-18-5-3-4-10(18)6-15/h3-5H,6-7,15H2,1-2H3,(H,16,17,19). The lowest BCUT2D eigenvalue weighted by Crippen LogP contribution is -2.15. The molecule has 0 atom stereocenters. The smallest absolute Gasteiger partial charge is 0.259 e. The van der Waals surface area contributed by atoms with Crippen LogP contribution in [0.2, 0.25) is 0 Å². The van der Waals surface area contributed by atoms with E-state index in [1.807, 2.05) is 36.7 Å². The molecule has 0 radical (unpaired) electrons. The highest BCUT2D eigenvalue weighted by Gasteiger charge is 2.12. The van der Waals surface area contributed by atoms with Crippen molar-refractivity contribution in [3.63, 3.8) is 0 Å². The Bertz CT molecular complexity index is 827. The van der Waals surface area contributed by atoms with E-state index in [-0.39, 0.29) is 5.56 Å². The Morgan fingerprint density at radius 1 is 1.45 bits per heavy atom. The molecule has 0 aromatic carbocycles. The molecule has 6 heteroatoms. The SMILES string of the molecule is Cc1sc2nc(Cn3cccc3CN)[nH]c(=O)c2c1C. The number of hydrogen-bond donors (Lipinski definition) is 2. The van der Waals surface area contributed by atoms with Crippen molar-refractivity contribution in [3.05, 3.63) is 50.6 Å². The summed E-state index contributed by atoms with van der Waals surface area (Å²) in [4.78, 5) is 21.6. The van der Waals surface area contributed by atoms with E-state index in [1.54, 1.807) is 11.3 Å². The summed E-state index contributed by atoms with van der Waals surface area (Å²) < 4.78 is 2.00. The number of hydrogen-bond acceptors (Lipinski definition) is 4. The van der Waals surface area contributed by atoms with Crippen molar-refractivity contribution < 1.29 is 0 Å². The quantitative estimate of drug-likeness (QED) is 0.773. The van der Waals surface area contributed by atoms with Crippen LogP contribution in [-0.2, 0) is 13.1 Å². The fraction of sp³-hybridized carbons (Fsp3) is 0.286. The van der Waals surface area contributed by atoms with Crippen LogP contribution in [0.3, 0.4) is 0 Å². The van der Waals surface area contributed by atoms with Crippen LogP contribution in [0.15, 0.2) is 23.1 Å². The maximum Gasteiger partial charge on any atom is 0.259 e. The molecule has 3 rings (SSSR count). The number of nitrogens with one attached hydrogen (secondary N) is 1. The number of aryl methyl sites for hydroxylation is 2. The molecule has 0 fully saturated rings. The first-order chi connectivity index (χ1) is 9.60. The normalized spacial score (nSPS) is 11.3. The molecule has 5 nitrogen and oxygen atoms in total. The summed E-state index contributed by atoms with van der Waals surface area (Å²) in [7, 11) is 0. The van der Waals surface area contributed by atoms with Crippen LogP contribution in [0.5, 0.6) is 0 Å². The predicted octanol–water partition coefficient (Wildman–Crippen LogP) is 1.91. The number of aromatic amines is 1. The molecule has 0 spiro atoms. The molecule has 0 aliphatic rings. The van der Waals surface area contributed by atoms with Crippen LogP contribution in [0.1, 0.15) is 22.0 Å².